The lowest BCUT2D eigenvalue weighted by molar-refractivity contribution is -0.139. The van der Waals surface area contributed by atoms with E-state index < -0.39 is 11.9 Å². The zero-order chi connectivity index (χ0) is 14.9. The van der Waals surface area contributed by atoms with E-state index in [4.69, 9.17) is 0 Å². The Bertz CT molecular complexity index is 374. The first-order valence-corrected chi connectivity index (χ1v) is 6.74. The smallest absolute Gasteiger partial charge is 0.398 e. The molecule has 0 amide bonds. The van der Waals surface area contributed by atoms with Crippen LogP contribution in [-0.2, 0) is 16.0 Å². The van der Waals surface area contributed by atoms with Crippen LogP contribution in [0.5, 0.6) is 0 Å². The molecule has 0 spiro atoms. The Morgan fingerprint density at radius 2 is 1.74 bits per heavy atom. The van der Waals surface area contributed by atoms with Gasteiger partial charge < -0.3 is 4.74 Å². The summed E-state index contributed by atoms with van der Waals surface area (Å²) in [4.78, 5) is 11.5. The normalized spacial score (nSPS) is 10.4. The molecule has 1 rings (SSSR count). The minimum Gasteiger partial charge on any atom is -0.469 e. The lowest BCUT2D eigenvalue weighted by Gasteiger charge is -2.06. The van der Waals surface area contributed by atoms with Gasteiger partial charge >= 0.3 is 12.1 Å². The first kappa shape index (κ1) is 17.8. The Hall–Kier alpha value is -1.17. The summed E-state index contributed by atoms with van der Waals surface area (Å²) in [6.45, 7) is 4.00. The van der Waals surface area contributed by atoms with E-state index in [0.717, 1.165) is 11.8 Å². The fourth-order valence-corrected chi connectivity index (χ4v) is 1.77. The molecule has 0 heterocycles. The maximum atomic E-state index is 12.0. The molecule has 19 heavy (non-hydrogen) atoms. The number of ether oxygens (including phenoxy) is 1. The van der Waals surface area contributed by atoms with E-state index in [1.54, 1.807) is 24.3 Å². The van der Waals surface area contributed by atoms with Crippen molar-refractivity contribution in [1.82, 2.24) is 0 Å². The van der Waals surface area contributed by atoms with Crippen LogP contribution in [0.4, 0.5) is 13.2 Å². The zero-order valence-electron chi connectivity index (χ0n) is 11.1. The fraction of sp³-hybridized carbons (Fsp3) is 0.462. The van der Waals surface area contributed by atoms with Crippen molar-refractivity contribution in [3.05, 3.63) is 29.8 Å². The molecule has 6 heteroatoms. The molecule has 1 aromatic rings. The van der Waals surface area contributed by atoms with Gasteiger partial charge in [-0.2, -0.15) is 13.2 Å². The van der Waals surface area contributed by atoms with Gasteiger partial charge in [-0.05, 0) is 17.7 Å². The number of halogens is 3. The lowest BCUT2D eigenvalue weighted by atomic mass is 10.2. The highest BCUT2D eigenvalue weighted by Gasteiger charge is 2.27. The average Bonchev–Trinajstić information content (AvgIpc) is 2.39. The number of carbonyl (C=O) groups is 1. The predicted octanol–water partition coefficient (Wildman–Crippen LogP) is 4.08. The molecule has 0 aliphatic rings. The number of esters is 1. The number of benzene rings is 1. The Morgan fingerprint density at radius 3 is 2.16 bits per heavy atom. The highest BCUT2D eigenvalue weighted by molar-refractivity contribution is 7.99. The quantitative estimate of drug-likeness (QED) is 0.618. The van der Waals surface area contributed by atoms with Crippen molar-refractivity contribution in [3.8, 4) is 0 Å². The molecule has 0 unspecified atom stereocenters. The minimum atomic E-state index is -4.17. The highest BCUT2D eigenvalue weighted by atomic mass is 32.2. The van der Waals surface area contributed by atoms with Crippen molar-refractivity contribution in [2.24, 2.45) is 0 Å². The molecular weight excluding hydrogens is 277 g/mol. The Balaban J connectivity index is 0.00000154. The molecule has 0 aliphatic heterocycles. The van der Waals surface area contributed by atoms with Crippen molar-refractivity contribution in [1.29, 1.82) is 0 Å². The summed E-state index contributed by atoms with van der Waals surface area (Å²) in [5.41, 5.74) is 0.716. The van der Waals surface area contributed by atoms with Gasteiger partial charge in [-0.15, -0.1) is 11.8 Å². The summed E-state index contributed by atoms with van der Waals surface area (Å²) in [5.74, 6) is -1.29. The summed E-state index contributed by atoms with van der Waals surface area (Å²) in [6.07, 6.45) is -4.05. The summed E-state index contributed by atoms with van der Waals surface area (Å²) in [7, 11) is 1.29. The highest BCUT2D eigenvalue weighted by Crippen LogP contribution is 2.27. The van der Waals surface area contributed by atoms with E-state index >= 15 is 0 Å². The van der Waals surface area contributed by atoms with Gasteiger partial charge in [0, 0.05) is 4.90 Å². The van der Waals surface area contributed by atoms with Gasteiger partial charge in [0.2, 0.25) is 0 Å². The molecule has 0 saturated carbocycles. The van der Waals surface area contributed by atoms with E-state index in [-0.39, 0.29) is 12.4 Å². The number of carbonyl (C=O) groups excluding carboxylic acids is 1. The standard InChI is InChI=1S/C11H11F3O2S.C2H6/c1-16-10(15)6-8-2-4-9(5-3-8)17-7-11(12,13)14;1-2/h2-5H,6-7H2,1H3;1-2H3. The van der Waals surface area contributed by atoms with Crippen LogP contribution in [0, 0.1) is 0 Å². The van der Waals surface area contributed by atoms with Gasteiger partial charge in [-0.3, -0.25) is 4.79 Å². The van der Waals surface area contributed by atoms with Crippen LogP contribution in [0.2, 0.25) is 0 Å². The second kappa shape index (κ2) is 8.85. The monoisotopic (exact) mass is 294 g/mol. The first-order valence-electron chi connectivity index (χ1n) is 5.76. The zero-order valence-corrected chi connectivity index (χ0v) is 11.9. The van der Waals surface area contributed by atoms with Crippen molar-refractivity contribution < 1.29 is 22.7 Å². The van der Waals surface area contributed by atoms with Gasteiger partial charge in [-0.25, -0.2) is 0 Å². The molecule has 0 atom stereocenters. The van der Waals surface area contributed by atoms with E-state index in [9.17, 15) is 18.0 Å². The Morgan fingerprint density at radius 1 is 1.21 bits per heavy atom. The minimum absolute atomic E-state index is 0.126. The number of thioether (sulfide) groups is 1. The molecule has 0 aliphatic carbocycles. The van der Waals surface area contributed by atoms with Crippen molar-refractivity contribution in [2.45, 2.75) is 31.3 Å². The second-order valence-electron chi connectivity index (χ2n) is 3.30. The number of hydrogen-bond donors (Lipinski definition) is 0. The average molecular weight is 294 g/mol. The molecular formula is C13H17F3O2S. The van der Waals surface area contributed by atoms with Crippen molar-refractivity contribution in [3.63, 3.8) is 0 Å². The van der Waals surface area contributed by atoms with Gasteiger partial charge in [-0.1, -0.05) is 26.0 Å². The molecule has 1 aromatic carbocycles. The molecule has 0 aromatic heterocycles. The maximum Gasteiger partial charge on any atom is 0.398 e. The van der Waals surface area contributed by atoms with Crippen LogP contribution in [0.15, 0.2) is 29.2 Å². The summed E-state index contributed by atoms with van der Waals surface area (Å²) in [5, 5.41) is 0. The van der Waals surface area contributed by atoms with E-state index in [2.05, 4.69) is 4.74 Å². The Kier molecular flexibility index (Phi) is 8.30. The molecule has 2 nitrogen and oxygen atoms in total. The van der Waals surface area contributed by atoms with Crippen LogP contribution >= 0.6 is 11.8 Å². The summed E-state index contributed by atoms with van der Waals surface area (Å²) < 4.78 is 40.4. The van der Waals surface area contributed by atoms with Crippen molar-refractivity contribution >= 4 is 17.7 Å². The largest absolute Gasteiger partial charge is 0.469 e. The van der Waals surface area contributed by atoms with Crippen molar-refractivity contribution in [2.75, 3.05) is 12.9 Å². The number of methoxy groups -OCH3 is 1. The Labute approximate surface area is 115 Å². The van der Waals surface area contributed by atoms with E-state index in [0.29, 0.717) is 10.5 Å². The maximum absolute atomic E-state index is 12.0. The lowest BCUT2D eigenvalue weighted by Crippen LogP contribution is -2.10. The summed E-state index contributed by atoms with van der Waals surface area (Å²) >= 11 is 0.720. The third-order valence-electron chi connectivity index (χ3n) is 1.90. The predicted molar refractivity (Wildman–Crippen MR) is 70.3 cm³/mol. The van der Waals surface area contributed by atoms with Crippen LogP contribution < -0.4 is 0 Å². The molecule has 0 bridgehead atoms. The SMILES string of the molecule is CC.COC(=O)Cc1ccc(SCC(F)(F)F)cc1. The van der Waals surface area contributed by atoms with Gasteiger partial charge in [0.05, 0.1) is 19.3 Å². The number of alkyl halides is 3. The topological polar surface area (TPSA) is 26.3 Å². The second-order valence-corrected chi connectivity index (χ2v) is 4.35. The first-order chi connectivity index (χ1) is 8.90. The van der Waals surface area contributed by atoms with Crippen LogP contribution in [-0.4, -0.2) is 25.0 Å². The third kappa shape index (κ3) is 8.53. The van der Waals surface area contributed by atoms with Crippen LogP contribution in [0.3, 0.4) is 0 Å². The molecule has 0 radical (unpaired) electrons. The summed E-state index contributed by atoms with van der Waals surface area (Å²) in [6, 6.07) is 6.37. The molecule has 0 fully saturated rings. The number of hydrogen-bond acceptors (Lipinski definition) is 3. The molecule has 0 N–H and O–H groups in total. The fourth-order valence-electron chi connectivity index (χ4n) is 1.11. The van der Waals surface area contributed by atoms with Crippen LogP contribution in [0.1, 0.15) is 19.4 Å². The van der Waals surface area contributed by atoms with Gasteiger partial charge in [0.25, 0.3) is 0 Å². The molecule has 108 valence electrons. The third-order valence-corrected chi connectivity index (χ3v) is 2.98. The van der Waals surface area contributed by atoms with E-state index in [1.165, 1.54) is 7.11 Å². The number of rotatable bonds is 4. The van der Waals surface area contributed by atoms with E-state index in [1.807, 2.05) is 13.8 Å². The van der Waals surface area contributed by atoms with Gasteiger partial charge in [0.15, 0.2) is 0 Å². The molecule has 0 saturated heterocycles. The van der Waals surface area contributed by atoms with Gasteiger partial charge in [0.1, 0.15) is 0 Å². The van der Waals surface area contributed by atoms with Crippen LogP contribution in [0.25, 0.3) is 0 Å².